The van der Waals surface area contributed by atoms with Gasteiger partial charge in [0.15, 0.2) is 5.17 Å². The molecule has 2 nitrogen and oxygen atoms in total. The summed E-state index contributed by atoms with van der Waals surface area (Å²) in [5.41, 5.74) is 1.37. The minimum atomic E-state index is 0.557. The molecule has 0 spiro atoms. The van der Waals surface area contributed by atoms with Gasteiger partial charge < -0.3 is 5.32 Å². The second kappa shape index (κ2) is 5.13. The fourth-order valence-corrected chi connectivity index (χ4v) is 3.53. The Morgan fingerprint density at radius 3 is 2.82 bits per heavy atom. The van der Waals surface area contributed by atoms with Crippen molar-refractivity contribution in [2.24, 2.45) is 4.99 Å². The summed E-state index contributed by atoms with van der Waals surface area (Å²) in [6.45, 7) is 0. The molecule has 1 heterocycles. The Morgan fingerprint density at radius 1 is 1.18 bits per heavy atom. The molecule has 1 aliphatic heterocycles. The Hall–Kier alpha value is -0.960. The van der Waals surface area contributed by atoms with Crippen LogP contribution in [0, 0.1) is 0 Å². The third-order valence-corrected chi connectivity index (χ3v) is 4.51. The Labute approximate surface area is 107 Å². The van der Waals surface area contributed by atoms with Crippen LogP contribution in [0.3, 0.4) is 0 Å². The summed E-state index contributed by atoms with van der Waals surface area (Å²) in [5.74, 6) is 1.02. The number of amidine groups is 1. The zero-order chi connectivity index (χ0) is 11.5. The van der Waals surface area contributed by atoms with Crippen LogP contribution >= 0.6 is 11.8 Å². The first-order valence-electron chi connectivity index (χ1n) is 6.43. The molecule has 0 amide bonds. The third-order valence-electron chi connectivity index (χ3n) is 3.54. The van der Waals surface area contributed by atoms with E-state index >= 15 is 0 Å². The number of nitrogens with zero attached hydrogens (tertiary/aromatic N) is 1. The smallest absolute Gasteiger partial charge is 0.157 e. The minimum Gasteiger partial charge on any atom is -0.360 e. The van der Waals surface area contributed by atoms with Gasteiger partial charge in [-0.1, -0.05) is 54.9 Å². The molecule has 0 saturated heterocycles. The maximum absolute atomic E-state index is 4.79. The maximum atomic E-state index is 4.79. The van der Waals surface area contributed by atoms with Gasteiger partial charge in [-0.25, -0.2) is 0 Å². The molecule has 2 atom stereocenters. The number of hydrogen-bond donors (Lipinski definition) is 1. The lowest BCUT2D eigenvalue weighted by Gasteiger charge is -2.23. The van der Waals surface area contributed by atoms with Crippen LogP contribution in [0.15, 0.2) is 35.3 Å². The van der Waals surface area contributed by atoms with Crippen LogP contribution < -0.4 is 5.32 Å². The van der Waals surface area contributed by atoms with Gasteiger partial charge in [-0.05, 0) is 18.4 Å². The SMILES string of the molecule is c1ccc(CSC2=NC3CCCCC3N2)cc1. The van der Waals surface area contributed by atoms with E-state index in [4.69, 9.17) is 4.99 Å². The second-order valence-corrected chi connectivity index (χ2v) is 5.78. The normalized spacial score (nSPS) is 27.2. The molecule has 17 heavy (non-hydrogen) atoms. The topological polar surface area (TPSA) is 24.4 Å². The van der Waals surface area contributed by atoms with E-state index in [0.29, 0.717) is 12.1 Å². The lowest BCUT2D eigenvalue weighted by molar-refractivity contribution is 0.385. The molecular formula is C14H18N2S. The van der Waals surface area contributed by atoms with Crippen LogP contribution in [-0.4, -0.2) is 17.3 Å². The van der Waals surface area contributed by atoms with Gasteiger partial charge in [0.2, 0.25) is 0 Å². The molecule has 1 aliphatic carbocycles. The molecule has 0 aromatic heterocycles. The molecule has 2 unspecified atom stereocenters. The van der Waals surface area contributed by atoms with Crippen molar-refractivity contribution >= 4 is 16.9 Å². The molecule has 2 aliphatic rings. The van der Waals surface area contributed by atoms with Crippen molar-refractivity contribution in [3.05, 3.63) is 35.9 Å². The van der Waals surface area contributed by atoms with Crippen LogP contribution in [0.1, 0.15) is 31.2 Å². The van der Waals surface area contributed by atoms with Gasteiger partial charge in [0.25, 0.3) is 0 Å². The van der Waals surface area contributed by atoms with E-state index in [1.54, 1.807) is 0 Å². The molecule has 1 saturated carbocycles. The van der Waals surface area contributed by atoms with Crippen molar-refractivity contribution in [1.29, 1.82) is 0 Å². The van der Waals surface area contributed by atoms with Crippen LogP contribution in [0.4, 0.5) is 0 Å². The molecule has 1 aromatic carbocycles. The first-order chi connectivity index (χ1) is 8.42. The molecule has 1 aromatic rings. The summed E-state index contributed by atoms with van der Waals surface area (Å²) in [5, 5.41) is 4.73. The minimum absolute atomic E-state index is 0.557. The van der Waals surface area contributed by atoms with Gasteiger partial charge in [0.05, 0.1) is 12.1 Å². The largest absolute Gasteiger partial charge is 0.360 e. The fourth-order valence-electron chi connectivity index (χ4n) is 2.59. The van der Waals surface area contributed by atoms with Gasteiger partial charge >= 0.3 is 0 Å². The van der Waals surface area contributed by atoms with Gasteiger partial charge in [0.1, 0.15) is 0 Å². The van der Waals surface area contributed by atoms with Gasteiger partial charge in [0, 0.05) is 5.75 Å². The maximum Gasteiger partial charge on any atom is 0.157 e. The highest BCUT2D eigenvalue weighted by Crippen LogP contribution is 2.27. The number of aliphatic imine (C=N–C) groups is 1. The van der Waals surface area contributed by atoms with Crippen molar-refractivity contribution in [1.82, 2.24) is 5.32 Å². The van der Waals surface area contributed by atoms with Crippen molar-refractivity contribution in [3.8, 4) is 0 Å². The molecule has 1 fully saturated rings. The predicted molar refractivity (Wildman–Crippen MR) is 74.4 cm³/mol. The van der Waals surface area contributed by atoms with Gasteiger partial charge in [-0.3, -0.25) is 4.99 Å². The Kier molecular flexibility index (Phi) is 3.36. The second-order valence-electron chi connectivity index (χ2n) is 4.81. The highest BCUT2D eigenvalue weighted by molar-refractivity contribution is 8.13. The number of benzene rings is 1. The summed E-state index contributed by atoms with van der Waals surface area (Å²) in [6, 6.07) is 11.8. The molecular weight excluding hydrogens is 228 g/mol. The van der Waals surface area contributed by atoms with Crippen LogP contribution in [0.5, 0.6) is 0 Å². The first-order valence-corrected chi connectivity index (χ1v) is 7.41. The summed E-state index contributed by atoms with van der Waals surface area (Å²) >= 11 is 1.84. The number of nitrogens with one attached hydrogen (secondary N) is 1. The standard InChI is InChI=1S/C14H18N2S/c1-2-6-11(7-3-1)10-17-14-15-12-8-4-5-9-13(12)16-14/h1-3,6-7,12-13H,4-5,8-10H2,(H,15,16). The molecule has 1 N–H and O–H groups in total. The predicted octanol–water partition coefficient (Wildman–Crippen LogP) is 3.19. The summed E-state index contributed by atoms with van der Waals surface area (Å²) in [6.07, 6.45) is 5.28. The average molecular weight is 246 g/mol. The summed E-state index contributed by atoms with van der Waals surface area (Å²) < 4.78 is 0. The van der Waals surface area contributed by atoms with E-state index in [0.717, 1.165) is 10.9 Å². The lowest BCUT2D eigenvalue weighted by Crippen LogP contribution is -2.36. The van der Waals surface area contributed by atoms with E-state index in [-0.39, 0.29) is 0 Å². The Balaban J connectivity index is 1.56. The molecule has 90 valence electrons. The van der Waals surface area contributed by atoms with E-state index in [9.17, 15) is 0 Å². The molecule has 3 rings (SSSR count). The fraction of sp³-hybridized carbons (Fsp3) is 0.500. The summed E-state index contributed by atoms with van der Waals surface area (Å²) in [7, 11) is 0. The summed E-state index contributed by atoms with van der Waals surface area (Å²) in [4.78, 5) is 4.79. The average Bonchev–Trinajstić information content (AvgIpc) is 2.80. The number of hydrogen-bond acceptors (Lipinski definition) is 3. The molecule has 0 radical (unpaired) electrons. The first kappa shape index (κ1) is 11.1. The zero-order valence-corrected chi connectivity index (χ0v) is 10.7. The van der Waals surface area contributed by atoms with Crippen molar-refractivity contribution in [2.75, 3.05) is 0 Å². The Bertz CT molecular complexity index is 402. The monoisotopic (exact) mass is 246 g/mol. The van der Waals surface area contributed by atoms with E-state index in [1.165, 1.54) is 31.2 Å². The van der Waals surface area contributed by atoms with Gasteiger partial charge in [-0.2, -0.15) is 0 Å². The number of thioether (sulfide) groups is 1. The van der Waals surface area contributed by atoms with Crippen LogP contribution in [0.25, 0.3) is 0 Å². The highest BCUT2D eigenvalue weighted by atomic mass is 32.2. The lowest BCUT2D eigenvalue weighted by atomic mass is 9.92. The zero-order valence-electron chi connectivity index (χ0n) is 9.93. The number of fused-ring (bicyclic) bond motifs is 1. The van der Waals surface area contributed by atoms with Crippen molar-refractivity contribution < 1.29 is 0 Å². The van der Waals surface area contributed by atoms with Crippen LogP contribution in [0.2, 0.25) is 0 Å². The number of rotatable bonds is 2. The van der Waals surface area contributed by atoms with Gasteiger partial charge in [-0.15, -0.1) is 0 Å². The third kappa shape index (κ3) is 2.65. The van der Waals surface area contributed by atoms with Crippen molar-refractivity contribution in [3.63, 3.8) is 0 Å². The Morgan fingerprint density at radius 2 is 2.00 bits per heavy atom. The molecule has 3 heteroatoms. The quantitative estimate of drug-likeness (QED) is 0.866. The van der Waals surface area contributed by atoms with E-state index < -0.39 is 0 Å². The van der Waals surface area contributed by atoms with Crippen molar-refractivity contribution in [2.45, 2.75) is 43.5 Å². The van der Waals surface area contributed by atoms with E-state index in [2.05, 4.69) is 35.6 Å². The molecule has 0 bridgehead atoms. The van der Waals surface area contributed by atoms with E-state index in [1.807, 2.05) is 11.8 Å². The van der Waals surface area contributed by atoms with Crippen LogP contribution in [-0.2, 0) is 5.75 Å². The highest BCUT2D eigenvalue weighted by Gasteiger charge is 2.30.